The first-order valence-corrected chi connectivity index (χ1v) is 7.15. The summed E-state index contributed by atoms with van der Waals surface area (Å²) in [5.41, 5.74) is 1.11. The number of nitrogens with one attached hydrogen (secondary N) is 1. The SMILES string of the molecule is C=C(Br)CNS(=O)(=O)c1ccc(CC)cc1. The molecule has 16 heavy (non-hydrogen) atoms. The highest BCUT2D eigenvalue weighted by molar-refractivity contribution is 9.11. The minimum Gasteiger partial charge on any atom is -0.207 e. The van der Waals surface area contributed by atoms with E-state index in [-0.39, 0.29) is 11.4 Å². The molecule has 88 valence electrons. The number of aryl methyl sites for hydroxylation is 1. The Hall–Kier alpha value is -0.650. The van der Waals surface area contributed by atoms with Crippen LogP contribution in [0.15, 0.2) is 40.2 Å². The zero-order chi connectivity index (χ0) is 12.2. The molecule has 0 heterocycles. The lowest BCUT2D eigenvalue weighted by molar-refractivity contribution is 0.585. The van der Waals surface area contributed by atoms with Crippen molar-refractivity contribution in [3.8, 4) is 0 Å². The maximum absolute atomic E-state index is 11.8. The van der Waals surface area contributed by atoms with Gasteiger partial charge in [0, 0.05) is 11.0 Å². The molecule has 1 aromatic rings. The minimum atomic E-state index is -3.42. The molecule has 1 aromatic carbocycles. The van der Waals surface area contributed by atoms with E-state index in [4.69, 9.17) is 0 Å². The summed E-state index contributed by atoms with van der Waals surface area (Å²) in [6.45, 7) is 5.79. The summed E-state index contributed by atoms with van der Waals surface area (Å²) in [6, 6.07) is 6.85. The van der Waals surface area contributed by atoms with E-state index in [2.05, 4.69) is 27.2 Å². The van der Waals surface area contributed by atoms with Crippen LogP contribution in [0.3, 0.4) is 0 Å². The molecule has 0 aliphatic carbocycles. The average Bonchev–Trinajstić information content (AvgIpc) is 2.27. The van der Waals surface area contributed by atoms with Crippen LogP contribution in [0.1, 0.15) is 12.5 Å². The summed E-state index contributed by atoms with van der Waals surface area (Å²) in [4.78, 5) is 0.276. The molecule has 0 radical (unpaired) electrons. The molecule has 0 aromatic heterocycles. The van der Waals surface area contributed by atoms with Crippen molar-refractivity contribution in [3.63, 3.8) is 0 Å². The van der Waals surface area contributed by atoms with E-state index in [0.29, 0.717) is 4.48 Å². The van der Waals surface area contributed by atoms with E-state index in [0.717, 1.165) is 12.0 Å². The van der Waals surface area contributed by atoms with E-state index in [1.54, 1.807) is 12.1 Å². The Kier molecular flexibility index (Phi) is 4.70. The number of hydrogen-bond donors (Lipinski definition) is 1. The highest BCUT2D eigenvalue weighted by atomic mass is 79.9. The van der Waals surface area contributed by atoms with Gasteiger partial charge in [0.25, 0.3) is 0 Å². The summed E-state index contributed by atoms with van der Waals surface area (Å²) >= 11 is 3.10. The standard InChI is InChI=1S/C11H14BrNO2S/c1-3-10-4-6-11(7-5-10)16(14,15)13-8-9(2)12/h4-7,13H,2-3,8H2,1H3. The highest BCUT2D eigenvalue weighted by Gasteiger charge is 2.12. The van der Waals surface area contributed by atoms with E-state index < -0.39 is 10.0 Å². The van der Waals surface area contributed by atoms with Crippen molar-refractivity contribution in [2.45, 2.75) is 18.2 Å². The molecule has 1 N–H and O–H groups in total. The van der Waals surface area contributed by atoms with Gasteiger partial charge in [0.05, 0.1) is 4.90 Å². The Morgan fingerprint density at radius 2 is 1.94 bits per heavy atom. The fraction of sp³-hybridized carbons (Fsp3) is 0.273. The van der Waals surface area contributed by atoms with Crippen LogP contribution >= 0.6 is 15.9 Å². The molecule has 1 rings (SSSR count). The first-order valence-electron chi connectivity index (χ1n) is 4.87. The molecule has 0 atom stereocenters. The van der Waals surface area contributed by atoms with E-state index >= 15 is 0 Å². The number of benzene rings is 1. The lowest BCUT2D eigenvalue weighted by Crippen LogP contribution is -2.24. The van der Waals surface area contributed by atoms with Crippen molar-refractivity contribution >= 4 is 26.0 Å². The second-order valence-corrected chi connectivity index (χ2v) is 6.23. The van der Waals surface area contributed by atoms with Crippen LogP contribution in [0.2, 0.25) is 0 Å². The van der Waals surface area contributed by atoms with Gasteiger partial charge in [-0.15, -0.1) is 0 Å². The van der Waals surface area contributed by atoms with Gasteiger partial charge < -0.3 is 0 Å². The molecule has 0 saturated carbocycles. The zero-order valence-corrected chi connectivity index (χ0v) is 11.4. The van der Waals surface area contributed by atoms with Crippen LogP contribution in [0.5, 0.6) is 0 Å². The number of hydrogen-bond acceptors (Lipinski definition) is 2. The Balaban J connectivity index is 2.85. The molecule has 0 fully saturated rings. The Morgan fingerprint density at radius 1 is 1.38 bits per heavy atom. The molecule has 0 spiro atoms. The van der Waals surface area contributed by atoms with Crippen LogP contribution in [0, 0.1) is 0 Å². The normalized spacial score (nSPS) is 11.4. The van der Waals surface area contributed by atoms with Crippen molar-refractivity contribution in [2.75, 3.05) is 6.54 Å². The molecular weight excluding hydrogens is 290 g/mol. The van der Waals surface area contributed by atoms with Gasteiger partial charge in [0.1, 0.15) is 0 Å². The molecule has 3 nitrogen and oxygen atoms in total. The second kappa shape index (κ2) is 5.61. The fourth-order valence-electron chi connectivity index (χ4n) is 1.16. The summed E-state index contributed by atoms with van der Waals surface area (Å²) in [7, 11) is -3.42. The van der Waals surface area contributed by atoms with Gasteiger partial charge in [0.15, 0.2) is 0 Å². The van der Waals surface area contributed by atoms with Gasteiger partial charge in [-0.3, -0.25) is 0 Å². The van der Waals surface area contributed by atoms with Crippen molar-refractivity contribution < 1.29 is 8.42 Å². The molecule has 0 bridgehead atoms. The zero-order valence-electron chi connectivity index (χ0n) is 9.03. The summed E-state index contributed by atoms with van der Waals surface area (Å²) in [5, 5.41) is 0. The average molecular weight is 304 g/mol. The van der Waals surface area contributed by atoms with E-state index in [9.17, 15) is 8.42 Å². The Bertz CT molecular complexity index is 465. The highest BCUT2D eigenvalue weighted by Crippen LogP contribution is 2.11. The van der Waals surface area contributed by atoms with Gasteiger partial charge in [-0.2, -0.15) is 0 Å². The van der Waals surface area contributed by atoms with Gasteiger partial charge in [-0.25, -0.2) is 13.1 Å². The third-order valence-corrected chi connectivity index (χ3v) is 3.79. The van der Waals surface area contributed by atoms with Crippen LogP contribution in [-0.2, 0) is 16.4 Å². The van der Waals surface area contributed by atoms with Crippen molar-refractivity contribution in [1.82, 2.24) is 4.72 Å². The molecule has 0 amide bonds. The maximum Gasteiger partial charge on any atom is 0.240 e. The molecular formula is C11H14BrNO2S. The summed E-state index contributed by atoms with van der Waals surface area (Å²) < 4.78 is 26.6. The maximum atomic E-state index is 11.8. The van der Waals surface area contributed by atoms with Crippen molar-refractivity contribution in [1.29, 1.82) is 0 Å². The lowest BCUT2D eigenvalue weighted by Gasteiger charge is -2.06. The topological polar surface area (TPSA) is 46.2 Å². The lowest BCUT2D eigenvalue weighted by atomic mass is 10.2. The quantitative estimate of drug-likeness (QED) is 0.908. The van der Waals surface area contributed by atoms with Gasteiger partial charge >= 0.3 is 0 Å². The van der Waals surface area contributed by atoms with Gasteiger partial charge in [-0.1, -0.05) is 41.6 Å². The molecule has 5 heteroatoms. The minimum absolute atomic E-state index is 0.192. The Morgan fingerprint density at radius 3 is 2.38 bits per heavy atom. The third-order valence-electron chi connectivity index (χ3n) is 2.10. The summed E-state index contributed by atoms with van der Waals surface area (Å²) in [6.07, 6.45) is 0.895. The number of halogens is 1. The number of rotatable bonds is 5. The summed E-state index contributed by atoms with van der Waals surface area (Å²) in [5.74, 6) is 0. The Labute approximate surface area is 105 Å². The molecule has 0 aliphatic heterocycles. The smallest absolute Gasteiger partial charge is 0.207 e. The van der Waals surface area contributed by atoms with Gasteiger partial charge in [-0.05, 0) is 24.1 Å². The second-order valence-electron chi connectivity index (χ2n) is 3.34. The van der Waals surface area contributed by atoms with Crippen LogP contribution < -0.4 is 4.72 Å². The third kappa shape index (κ3) is 3.73. The van der Waals surface area contributed by atoms with E-state index in [1.165, 1.54) is 0 Å². The van der Waals surface area contributed by atoms with E-state index in [1.807, 2.05) is 19.1 Å². The van der Waals surface area contributed by atoms with Crippen LogP contribution in [-0.4, -0.2) is 15.0 Å². The largest absolute Gasteiger partial charge is 0.240 e. The van der Waals surface area contributed by atoms with Crippen LogP contribution in [0.25, 0.3) is 0 Å². The molecule has 0 aliphatic rings. The molecule has 0 unspecified atom stereocenters. The van der Waals surface area contributed by atoms with Crippen molar-refractivity contribution in [3.05, 3.63) is 40.9 Å². The van der Waals surface area contributed by atoms with Crippen LogP contribution in [0.4, 0.5) is 0 Å². The van der Waals surface area contributed by atoms with Gasteiger partial charge in [0.2, 0.25) is 10.0 Å². The first kappa shape index (κ1) is 13.4. The first-order chi connectivity index (χ1) is 7.45. The van der Waals surface area contributed by atoms with Crippen molar-refractivity contribution in [2.24, 2.45) is 0 Å². The predicted octanol–water partition coefficient (Wildman–Crippen LogP) is 2.44. The number of sulfonamides is 1. The fourth-order valence-corrected chi connectivity index (χ4v) is 2.51. The molecule has 0 saturated heterocycles. The monoisotopic (exact) mass is 303 g/mol. The predicted molar refractivity (Wildman–Crippen MR) is 69.1 cm³/mol.